The molecular weight excluding hydrogens is 283 g/mol. The average molecular weight is 310 g/mol. The standard InChI is InChI=1S/C20H27BS/c1-20(2,3)19-18(14-15-22-19)21(16-10-6-4-7-11-16)17-12-8-5-9-13-17/h4,6-7,10-11,14-15,17H,5,8-9,12-13H2,1-3H3. The molecule has 1 aliphatic carbocycles. The lowest BCUT2D eigenvalue weighted by Crippen LogP contribution is -2.48. The van der Waals surface area contributed by atoms with Crippen LogP contribution in [0.3, 0.4) is 0 Å². The smallest absolute Gasteiger partial charge is 0.149 e. The van der Waals surface area contributed by atoms with Gasteiger partial charge in [0.25, 0.3) is 0 Å². The van der Waals surface area contributed by atoms with E-state index in [1.807, 2.05) is 11.3 Å². The van der Waals surface area contributed by atoms with Gasteiger partial charge in [0, 0.05) is 4.88 Å². The molecule has 0 bridgehead atoms. The van der Waals surface area contributed by atoms with Gasteiger partial charge in [-0.15, -0.1) is 11.3 Å². The van der Waals surface area contributed by atoms with Crippen molar-refractivity contribution >= 4 is 29.0 Å². The summed E-state index contributed by atoms with van der Waals surface area (Å²) in [4.78, 5) is 1.58. The summed E-state index contributed by atoms with van der Waals surface area (Å²) in [7, 11) is 0. The average Bonchev–Trinajstić information content (AvgIpc) is 2.99. The fourth-order valence-electron chi connectivity index (χ4n) is 4.01. The van der Waals surface area contributed by atoms with Crippen LogP contribution in [0.25, 0.3) is 0 Å². The maximum atomic E-state index is 2.40. The molecule has 1 aromatic carbocycles. The normalized spacial score (nSPS) is 16.7. The first kappa shape index (κ1) is 15.9. The van der Waals surface area contributed by atoms with Crippen molar-refractivity contribution in [3.63, 3.8) is 0 Å². The van der Waals surface area contributed by atoms with Crippen molar-refractivity contribution in [3.8, 4) is 0 Å². The highest BCUT2D eigenvalue weighted by molar-refractivity contribution is 7.12. The summed E-state index contributed by atoms with van der Waals surface area (Å²) < 4.78 is 0. The molecule has 116 valence electrons. The van der Waals surface area contributed by atoms with E-state index < -0.39 is 0 Å². The molecule has 0 spiro atoms. The molecule has 1 aliphatic rings. The molecule has 0 radical (unpaired) electrons. The highest BCUT2D eigenvalue weighted by Crippen LogP contribution is 2.34. The molecule has 1 aromatic heterocycles. The highest BCUT2D eigenvalue weighted by Gasteiger charge is 2.34. The van der Waals surface area contributed by atoms with Crippen molar-refractivity contribution in [2.45, 2.75) is 64.1 Å². The number of benzene rings is 1. The molecule has 2 aromatic rings. The van der Waals surface area contributed by atoms with Crippen molar-refractivity contribution in [3.05, 3.63) is 46.7 Å². The lowest BCUT2D eigenvalue weighted by molar-refractivity contribution is 0.499. The summed E-state index contributed by atoms with van der Waals surface area (Å²) in [5, 5.41) is 2.30. The van der Waals surface area contributed by atoms with Crippen LogP contribution in [0.4, 0.5) is 0 Å². The molecule has 0 unspecified atom stereocenters. The van der Waals surface area contributed by atoms with E-state index in [9.17, 15) is 0 Å². The Kier molecular flexibility index (Phi) is 4.77. The second-order valence-corrected chi connectivity index (χ2v) is 8.66. The fraction of sp³-hybridized carbons (Fsp3) is 0.500. The van der Waals surface area contributed by atoms with Crippen LogP contribution in [0.1, 0.15) is 57.8 Å². The Bertz CT molecular complexity index is 588. The second kappa shape index (κ2) is 6.62. The maximum Gasteiger partial charge on any atom is 0.213 e. The lowest BCUT2D eigenvalue weighted by Gasteiger charge is -2.31. The quantitative estimate of drug-likeness (QED) is 0.701. The predicted molar refractivity (Wildman–Crippen MR) is 101 cm³/mol. The molecule has 0 saturated heterocycles. The van der Waals surface area contributed by atoms with E-state index in [0.29, 0.717) is 6.71 Å². The van der Waals surface area contributed by atoms with Crippen molar-refractivity contribution in [1.82, 2.24) is 0 Å². The Morgan fingerprint density at radius 1 is 0.955 bits per heavy atom. The van der Waals surface area contributed by atoms with E-state index in [2.05, 4.69) is 62.5 Å². The van der Waals surface area contributed by atoms with Gasteiger partial charge < -0.3 is 0 Å². The predicted octanol–water partition coefficient (Wildman–Crippen LogP) is 4.99. The van der Waals surface area contributed by atoms with Gasteiger partial charge in [0.2, 0.25) is 6.71 Å². The first-order chi connectivity index (χ1) is 10.6. The number of hydrogen-bond donors (Lipinski definition) is 0. The van der Waals surface area contributed by atoms with Crippen molar-refractivity contribution < 1.29 is 0 Å². The number of thiophene rings is 1. The van der Waals surface area contributed by atoms with Gasteiger partial charge in [0.15, 0.2) is 0 Å². The second-order valence-electron chi connectivity index (χ2n) is 7.74. The zero-order chi connectivity index (χ0) is 15.6. The summed E-state index contributed by atoms with van der Waals surface area (Å²) in [6.07, 6.45) is 7.01. The first-order valence-electron chi connectivity index (χ1n) is 8.70. The minimum Gasteiger partial charge on any atom is -0.149 e. The number of rotatable bonds is 3. The van der Waals surface area contributed by atoms with E-state index in [1.54, 1.807) is 10.3 Å². The fourth-order valence-corrected chi connectivity index (χ4v) is 5.04. The Balaban J connectivity index is 2.04. The van der Waals surface area contributed by atoms with Crippen LogP contribution in [0, 0.1) is 0 Å². The minimum atomic E-state index is 0.241. The molecule has 0 atom stereocenters. The zero-order valence-electron chi connectivity index (χ0n) is 14.1. The molecule has 22 heavy (non-hydrogen) atoms. The van der Waals surface area contributed by atoms with E-state index >= 15 is 0 Å². The summed E-state index contributed by atoms with van der Waals surface area (Å²) >= 11 is 1.94. The van der Waals surface area contributed by atoms with Crippen LogP contribution < -0.4 is 10.9 Å². The largest absolute Gasteiger partial charge is 0.213 e. The van der Waals surface area contributed by atoms with E-state index in [0.717, 1.165) is 5.82 Å². The number of hydrogen-bond acceptors (Lipinski definition) is 1. The summed E-state index contributed by atoms with van der Waals surface area (Å²) in [6, 6.07) is 13.6. The van der Waals surface area contributed by atoms with Gasteiger partial charge in [-0.2, -0.15) is 0 Å². The first-order valence-corrected chi connectivity index (χ1v) is 9.58. The van der Waals surface area contributed by atoms with Crippen LogP contribution in [0.2, 0.25) is 5.82 Å². The topological polar surface area (TPSA) is 0 Å². The Labute approximate surface area is 140 Å². The van der Waals surface area contributed by atoms with Crippen LogP contribution in [0.5, 0.6) is 0 Å². The van der Waals surface area contributed by atoms with Crippen molar-refractivity contribution in [2.24, 2.45) is 0 Å². The van der Waals surface area contributed by atoms with Gasteiger partial charge in [0.05, 0.1) is 0 Å². The maximum absolute atomic E-state index is 2.40. The Morgan fingerprint density at radius 3 is 2.27 bits per heavy atom. The SMILES string of the molecule is CC(C)(C)c1sccc1B(c1ccccc1)C1CCCCC1. The van der Waals surface area contributed by atoms with Gasteiger partial charge in [-0.1, -0.05) is 106 Å². The molecule has 0 nitrogen and oxygen atoms in total. The van der Waals surface area contributed by atoms with Crippen molar-refractivity contribution in [1.29, 1.82) is 0 Å². The summed E-state index contributed by atoms with van der Waals surface area (Å²) in [5.41, 5.74) is 3.35. The zero-order valence-corrected chi connectivity index (χ0v) is 15.0. The summed E-state index contributed by atoms with van der Waals surface area (Å²) in [6.45, 7) is 7.64. The lowest BCUT2D eigenvalue weighted by atomic mass is 9.31. The minimum absolute atomic E-state index is 0.241. The highest BCUT2D eigenvalue weighted by atomic mass is 32.1. The Morgan fingerprint density at radius 2 is 1.64 bits per heavy atom. The van der Waals surface area contributed by atoms with Gasteiger partial charge in [-0.05, 0) is 10.8 Å². The van der Waals surface area contributed by atoms with Gasteiger partial charge in [-0.25, -0.2) is 0 Å². The van der Waals surface area contributed by atoms with Crippen LogP contribution >= 0.6 is 11.3 Å². The molecule has 1 fully saturated rings. The van der Waals surface area contributed by atoms with Gasteiger partial charge in [-0.3, -0.25) is 0 Å². The van der Waals surface area contributed by atoms with Crippen LogP contribution in [-0.4, -0.2) is 6.71 Å². The third kappa shape index (κ3) is 3.32. The van der Waals surface area contributed by atoms with Crippen molar-refractivity contribution in [2.75, 3.05) is 0 Å². The van der Waals surface area contributed by atoms with Gasteiger partial charge in [0.1, 0.15) is 0 Å². The molecule has 0 N–H and O–H groups in total. The molecule has 3 rings (SSSR count). The monoisotopic (exact) mass is 310 g/mol. The van der Waals surface area contributed by atoms with Crippen LogP contribution in [0.15, 0.2) is 41.8 Å². The van der Waals surface area contributed by atoms with Crippen LogP contribution in [-0.2, 0) is 5.41 Å². The molecule has 1 heterocycles. The molecule has 1 saturated carbocycles. The molecule has 2 heteroatoms. The molecular formula is C20H27BS. The molecule has 0 aliphatic heterocycles. The van der Waals surface area contributed by atoms with E-state index in [-0.39, 0.29) is 5.41 Å². The van der Waals surface area contributed by atoms with Gasteiger partial charge >= 0.3 is 0 Å². The molecule has 0 amide bonds. The Hall–Kier alpha value is -1.02. The third-order valence-electron chi connectivity index (χ3n) is 4.99. The van der Waals surface area contributed by atoms with E-state index in [4.69, 9.17) is 0 Å². The third-order valence-corrected chi connectivity index (χ3v) is 6.35. The summed E-state index contributed by atoms with van der Waals surface area (Å²) in [5.74, 6) is 0.812. The van der Waals surface area contributed by atoms with E-state index in [1.165, 1.54) is 37.6 Å².